The third-order valence-electron chi connectivity index (χ3n) is 6.67. The third-order valence-corrected chi connectivity index (χ3v) is 8.78. The van der Waals surface area contributed by atoms with Crippen molar-refractivity contribution < 1.29 is 14.0 Å². The Hall–Kier alpha value is -2.85. The Morgan fingerprint density at radius 3 is 2.77 bits per heavy atom. The number of amides is 2. The van der Waals surface area contributed by atoms with Crippen molar-refractivity contribution in [1.29, 1.82) is 0 Å². The number of allylic oxidation sites excluding steroid dienone is 1. The van der Waals surface area contributed by atoms with Crippen molar-refractivity contribution in [3.05, 3.63) is 57.6 Å². The van der Waals surface area contributed by atoms with E-state index >= 15 is 0 Å². The van der Waals surface area contributed by atoms with Crippen LogP contribution in [0.15, 0.2) is 45.4 Å². The van der Waals surface area contributed by atoms with Crippen molar-refractivity contribution >= 4 is 45.1 Å². The number of carbonyl (C=O) groups is 2. The fraction of sp³-hybridized carbons (Fsp3) is 0.440. The summed E-state index contributed by atoms with van der Waals surface area (Å²) in [6.45, 7) is 8.25. The predicted octanol–water partition coefficient (Wildman–Crippen LogP) is 3.44. The van der Waals surface area contributed by atoms with E-state index in [1.807, 2.05) is 0 Å². The van der Waals surface area contributed by atoms with Gasteiger partial charge in [0.25, 0.3) is 11.5 Å². The van der Waals surface area contributed by atoms with Crippen molar-refractivity contribution in [2.45, 2.75) is 37.9 Å². The highest BCUT2D eigenvalue weighted by Crippen LogP contribution is 2.36. The minimum Gasteiger partial charge on any atom is -0.459 e. The second-order valence-corrected chi connectivity index (χ2v) is 11.1. The fourth-order valence-electron chi connectivity index (χ4n) is 4.74. The van der Waals surface area contributed by atoms with Gasteiger partial charge in [-0.05, 0) is 42.9 Å². The zero-order chi connectivity index (χ0) is 24.5. The van der Waals surface area contributed by atoms with Crippen LogP contribution in [0.5, 0.6) is 0 Å². The Labute approximate surface area is 211 Å². The number of hydrogen-bond acceptors (Lipinski definition) is 7. The molecule has 35 heavy (non-hydrogen) atoms. The van der Waals surface area contributed by atoms with Gasteiger partial charge in [-0.3, -0.25) is 19.0 Å². The van der Waals surface area contributed by atoms with Crippen LogP contribution >= 0.6 is 23.1 Å². The van der Waals surface area contributed by atoms with Gasteiger partial charge < -0.3 is 14.2 Å². The first-order valence-electron chi connectivity index (χ1n) is 11.9. The van der Waals surface area contributed by atoms with Gasteiger partial charge in [-0.15, -0.1) is 17.9 Å². The van der Waals surface area contributed by atoms with Crippen LogP contribution in [-0.2, 0) is 24.2 Å². The number of furan rings is 1. The number of hydrogen-bond donors (Lipinski definition) is 0. The molecule has 0 unspecified atom stereocenters. The highest BCUT2D eigenvalue weighted by Gasteiger charge is 2.27. The molecule has 1 aliphatic carbocycles. The van der Waals surface area contributed by atoms with Crippen molar-refractivity contribution in [3.8, 4) is 0 Å². The van der Waals surface area contributed by atoms with Gasteiger partial charge in [-0.25, -0.2) is 4.98 Å². The van der Waals surface area contributed by atoms with E-state index in [-0.39, 0.29) is 23.1 Å². The van der Waals surface area contributed by atoms with E-state index in [1.165, 1.54) is 22.9 Å². The number of thiophene rings is 1. The van der Waals surface area contributed by atoms with Crippen LogP contribution in [0.1, 0.15) is 34.3 Å². The highest BCUT2D eigenvalue weighted by molar-refractivity contribution is 7.99. The summed E-state index contributed by atoms with van der Waals surface area (Å²) in [5.74, 6) is 0.928. The molecule has 0 spiro atoms. The molecule has 4 heterocycles. The number of aryl methyl sites for hydroxylation is 1. The van der Waals surface area contributed by atoms with Crippen LogP contribution < -0.4 is 5.56 Å². The summed E-state index contributed by atoms with van der Waals surface area (Å²) in [6.07, 6.45) is 6.17. The minimum absolute atomic E-state index is 0.0288. The summed E-state index contributed by atoms with van der Waals surface area (Å²) in [6, 6.07) is 3.33. The normalized spacial score (nSPS) is 18.0. The van der Waals surface area contributed by atoms with Gasteiger partial charge in [0.15, 0.2) is 10.9 Å². The number of nitrogens with zero attached hydrogens (tertiary/aromatic N) is 4. The van der Waals surface area contributed by atoms with E-state index in [9.17, 15) is 14.4 Å². The molecule has 2 aliphatic rings. The van der Waals surface area contributed by atoms with Crippen LogP contribution in [-0.4, -0.2) is 63.1 Å². The Kier molecular flexibility index (Phi) is 6.84. The molecule has 0 radical (unpaired) electrons. The molecule has 1 aliphatic heterocycles. The Balaban J connectivity index is 1.28. The van der Waals surface area contributed by atoms with Gasteiger partial charge in [-0.2, -0.15) is 0 Å². The van der Waals surface area contributed by atoms with Gasteiger partial charge in [0.2, 0.25) is 5.91 Å². The smallest absolute Gasteiger partial charge is 0.289 e. The van der Waals surface area contributed by atoms with E-state index in [1.54, 1.807) is 43.9 Å². The molecule has 1 saturated heterocycles. The lowest BCUT2D eigenvalue weighted by Gasteiger charge is -2.34. The molecule has 184 valence electrons. The zero-order valence-electron chi connectivity index (χ0n) is 19.7. The largest absolute Gasteiger partial charge is 0.459 e. The number of thioether (sulfide) groups is 1. The Morgan fingerprint density at radius 1 is 1.29 bits per heavy atom. The average molecular weight is 513 g/mol. The van der Waals surface area contributed by atoms with Crippen LogP contribution in [0.4, 0.5) is 0 Å². The Bertz CT molecular complexity index is 1320. The van der Waals surface area contributed by atoms with E-state index in [4.69, 9.17) is 9.40 Å². The molecule has 8 nitrogen and oxygen atoms in total. The summed E-state index contributed by atoms with van der Waals surface area (Å²) < 4.78 is 6.83. The second-order valence-electron chi connectivity index (χ2n) is 9.07. The topological polar surface area (TPSA) is 88.7 Å². The average Bonchev–Trinajstić information content (AvgIpc) is 3.52. The quantitative estimate of drug-likeness (QED) is 0.286. The van der Waals surface area contributed by atoms with Crippen molar-refractivity contribution in [2.75, 3.05) is 31.9 Å². The van der Waals surface area contributed by atoms with Crippen molar-refractivity contribution in [1.82, 2.24) is 19.4 Å². The maximum atomic E-state index is 13.4. The summed E-state index contributed by atoms with van der Waals surface area (Å²) in [5, 5.41) is 1.29. The number of rotatable bonds is 6. The molecule has 10 heteroatoms. The maximum Gasteiger partial charge on any atom is 0.289 e. The molecule has 0 saturated carbocycles. The molecule has 5 rings (SSSR count). The van der Waals surface area contributed by atoms with E-state index < -0.39 is 0 Å². The molecule has 0 aromatic carbocycles. The zero-order valence-corrected chi connectivity index (χ0v) is 21.3. The summed E-state index contributed by atoms with van der Waals surface area (Å²) in [5.41, 5.74) is 1.12. The molecule has 0 N–H and O–H groups in total. The summed E-state index contributed by atoms with van der Waals surface area (Å²) in [7, 11) is 0. The first kappa shape index (κ1) is 23.9. The Morgan fingerprint density at radius 2 is 2.06 bits per heavy atom. The standard InChI is InChI=1S/C25H28N4O4S2/c1-3-8-29-24(32)21-17-7-6-16(2)14-19(17)35-22(21)26-25(29)34-15-20(30)27-9-11-28(12-10-27)23(31)18-5-4-13-33-18/h3-5,13,16H,1,6-12,14-15H2,2H3/t16-/m1/s1. The third kappa shape index (κ3) is 4.69. The molecule has 1 fully saturated rings. The molecular formula is C25H28N4O4S2. The number of carbonyl (C=O) groups excluding carboxylic acids is 2. The van der Waals surface area contributed by atoms with E-state index in [0.29, 0.717) is 49.6 Å². The first-order chi connectivity index (χ1) is 17.0. The number of piperazine rings is 1. The van der Waals surface area contributed by atoms with Gasteiger partial charge >= 0.3 is 0 Å². The lowest BCUT2D eigenvalue weighted by molar-refractivity contribution is -0.129. The highest BCUT2D eigenvalue weighted by atomic mass is 32.2. The van der Waals surface area contributed by atoms with Gasteiger partial charge in [0, 0.05) is 37.6 Å². The van der Waals surface area contributed by atoms with Gasteiger partial charge in [0.1, 0.15) is 4.83 Å². The summed E-state index contributed by atoms with van der Waals surface area (Å²) in [4.78, 5) is 49.2. The molecule has 1 atom stereocenters. The van der Waals surface area contributed by atoms with Gasteiger partial charge in [0.05, 0.1) is 17.4 Å². The van der Waals surface area contributed by atoms with Crippen LogP contribution in [0.3, 0.4) is 0 Å². The molecular weight excluding hydrogens is 484 g/mol. The molecule has 3 aromatic heterocycles. The van der Waals surface area contributed by atoms with Crippen molar-refractivity contribution in [3.63, 3.8) is 0 Å². The minimum atomic E-state index is -0.157. The predicted molar refractivity (Wildman–Crippen MR) is 137 cm³/mol. The van der Waals surface area contributed by atoms with Crippen molar-refractivity contribution in [2.24, 2.45) is 5.92 Å². The van der Waals surface area contributed by atoms with Crippen LogP contribution in [0.25, 0.3) is 10.2 Å². The number of fused-ring (bicyclic) bond motifs is 3. The lowest BCUT2D eigenvalue weighted by atomic mass is 9.89. The summed E-state index contributed by atoms with van der Waals surface area (Å²) >= 11 is 2.91. The molecule has 2 amide bonds. The SMILES string of the molecule is C=CCn1c(SCC(=O)N2CCN(C(=O)c3ccco3)CC2)nc2sc3c(c2c1=O)CC[C@@H](C)C3. The van der Waals surface area contributed by atoms with E-state index in [0.717, 1.165) is 35.0 Å². The van der Waals surface area contributed by atoms with E-state index in [2.05, 4.69) is 13.5 Å². The second kappa shape index (κ2) is 10.0. The van der Waals surface area contributed by atoms with Crippen LogP contribution in [0.2, 0.25) is 0 Å². The fourth-order valence-corrected chi connectivity index (χ4v) is 7.07. The molecule has 3 aromatic rings. The first-order valence-corrected chi connectivity index (χ1v) is 13.7. The monoisotopic (exact) mass is 512 g/mol. The number of aromatic nitrogens is 2. The lowest BCUT2D eigenvalue weighted by Crippen LogP contribution is -2.51. The van der Waals surface area contributed by atoms with Gasteiger partial charge in [-0.1, -0.05) is 24.8 Å². The van der Waals surface area contributed by atoms with Crippen LogP contribution in [0, 0.1) is 5.92 Å². The maximum absolute atomic E-state index is 13.4. The molecule has 0 bridgehead atoms.